The summed E-state index contributed by atoms with van der Waals surface area (Å²) < 4.78 is -0.451. The maximum Gasteiger partial charge on any atom is 0.120 e. The zero-order chi connectivity index (χ0) is 8.60. The van der Waals surface area contributed by atoms with Crippen LogP contribution in [0.3, 0.4) is 0 Å². The first-order valence-corrected chi connectivity index (χ1v) is 5.26. The highest BCUT2D eigenvalue weighted by Gasteiger charge is 2.34. The van der Waals surface area contributed by atoms with Gasteiger partial charge in [0.15, 0.2) is 0 Å². The predicted octanol–water partition coefficient (Wildman–Crippen LogP) is 0.403. The maximum absolute atomic E-state index is 6.03. The van der Waals surface area contributed by atoms with Crippen molar-refractivity contribution in [2.75, 3.05) is 26.2 Å². The molecule has 0 radical (unpaired) electrons. The molecule has 0 unspecified atom stereocenters. The fourth-order valence-corrected chi connectivity index (χ4v) is 2.09. The molecule has 0 aromatic carbocycles. The number of alkyl halides is 2. The van der Waals surface area contributed by atoms with Gasteiger partial charge in [-0.15, -0.1) is 23.2 Å². The van der Waals surface area contributed by atoms with Crippen LogP contribution in [0, 0.1) is 0 Å². The third-order valence-electron chi connectivity index (χ3n) is 2.81. The number of nitrogens with zero attached hydrogens (tertiary/aromatic N) is 1. The van der Waals surface area contributed by atoms with Gasteiger partial charge in [0.1, 0.15) is 4.33 Å². The maximum atomic E-state index is 6.03. The van der Waals surface area contributed by atoms with Gasteiger partial charge in [0, 0.05) is 32.2 Å². The van der Waals surface area contributed by atoms with Crippen molar-refractivity contribution < 1.29 is 5.48 Å². The van der Waals surface area contributed by atoms with Crippen LogP contribution >= 0.6 is 23.2 Å². The first-order valence-electron chi connectivity index (χ1n) is 4.50. The van der Waals surface area contributed by atoms with Gasteiger partial charge in [-0.05, 0) is 12.8 Å². The Labute approximate surface area is 88.7 Å². The second-order valence-corrected chi connectivity index (χ2v) is 5.34. The number of halogens is 2. The molecule has 78 valence electrons. The van der Waals surface area contributed by atoms with Gasteiger partial charge >= 0.3 is 0 Å². The van der Waals surface area contributed by atoms with Crippen molar-refractivity contribution in [3.63, 3.8) is 0 Å². The topological polar surface area (TPSA) is 46.8 Å². The molecule has 2 fully saturated rings. The van der Waals surface area contributed by atoms with E-state index < -0.39 is 4.33 Å². The molecule has 0 spiro atoms. The summed E-state index contributed by atoms with van der Waals surface area (Å²) in [4.78, 5) is 2.49. The van der Waals surface area contributed by atoms with Gasteiger partial charge < -0.3 is 10.8 Å². The normalized spacial score (nSPS) is 29.1. The van der Waals surface area contributed by atoms with Crippen molar-refractivity contribution in [3.05, 3.63) is 0 Å². The van der Waals surface area contributed by atoms with Crippen LogP contribution in [0.15, 0.2) is 0 Å². The Morgan fingerprint density at radius 2 is 1.69 bits per heavy atom. The molecule has 0 aromatic rings. The summed E-state index contributed by atoms with van der Waals surface area (Å²) >= 11 is 12.1. The lowest BCUT2D eigenvalue weighted by atomic mass is 10.0. The first-order chi connectivity index (χ1) is 5.67. The van der Waals surface area contributed by atoms with Crippen molar-refractivity contribution in [1.29, 1.82) is 0 Å². The Kier molecular flexibility index (Phi) is 3.83. The molecule has 2 heterocycles. The number of hydrogen-bond donors (Lipinski definition) is 1. The zero-order valence-electron chi connectivity index (χ0n) is 7.52. The Morgan fingerprint density at radius 1 is 1.15 bits per heavy atom. The molecular formula is C8H16Cl2N2O. The zero-order valence-corrected chi connectivity index (χ0v) is 9.03. The van der Waals surface area contributed by atoms with Crippen LogP contribution in [0.4, 0.5) is 0 Å². The average molecular weight is 227 g/mol. The van der Waals surface area contributed by atoms with Crippen LogP contribution in [0.2, 0.25) is 0 Å². The third kappa shape index (κ3) is 2.70. The monoisotopic (exact) mass is 226 g/mol. The Bertz CT molecular complexity index is 164. The molecule has 3 nitrogen and oxygen atoms in total. The lowest BCUT2D eigenvalue weighted by molar-refractivity contribution is 0.118. The quantitative estimate of drug-likeness (QED) is 0.659. The molecule has 2 aliphatic heterocycles. The molecule has 5 heteroatoms. The summed E-state index contributed by atoms with van der Waals surface area (Å²) in [6, 6.07) is 0.745. The van der Waals surface area contributed by atoms with Crippen molar-refractivity contribution in [2.45, 2.75) is 23.2 Å². The fourth-order valence-electron chi connectivity index (χ4n) is 1.75. The number of piperidine rings is 1. The molecule has 0 atom stereocenters. The number of nitrogens with one attached hydrogen (secondary N) is 1. The average Bonchev–Trinajstić information content (AvgIpc) is 1.89. The van der Waals surface area contributed by atoms with Crippen LogP contribution in [-0.2, 0) is 0 Å². The SMILES string of the molecule is ClC1(Cl)CCN(C2CNC2)CC1.O. The Balaban J connectivity index is 0.000000845. The minimum absolute atomic E-state index is 0. The van der Waals surface area contributed by atoms with E-state index in [4.69, 9.17) is 23.2 Å². The molecule has 13 heavy (non-hydrogen) atoms. The third-order valence-corrected chi connectivity index (χ3v) is 3.56. The predicted molar refractivity (Wildman–Crippen MR) is 55.5 cm³/mol. The van der Waals surface area contributed by atoms with Gasteiger partial charge in [0.2, 0.25) is 0 Å². The van der Waals surface area contributed by atoms with Crippen LogP contribution < -0.4 is 5.32 Å². The molecule has 2 saturated heterocycles. The lowest BCUT2D eigenvalue weighted by Crippen LogP contribution is -2.59. The minimum atomic E-state index is -0.451. The van der Waals surface area contributed by atoms with Crippen molar-refractivity contribution in [1.82, 2.24) is 10.2 Å². The van der Waals surface area contributed by atoms with E-state index in [1.165, 1.54) is 0 Å². The van der Waals surface area contributed by atoms with E-state index >= 15 is 0 Å². The minimum Gasteiger partial charge on any atom is -0.412 e. The molecule has 2 rings (SSSR count). The molecule has 0 bridgehead atoms. The molecule has 0 saturated carbocycles. The van der Waals surface area contributed by atoms with Gasteiger partial charge in [-0.25, -0.2) is 0 Å². The Morgan fingerprint density at radius 3 is 2.08 bits per heavy atom. The Hall–Kier alpha value is 0.460. The largest absolute Gasteiger partial charge is 0.412 e. The van der Waals surface area contributed by atoms with Crippen molar-refractivity contribution >= 4 is 23.2 Å². The number of likely N-dealkylation sites (tertiary alicyclic amines) is 1. The molecule has 3 N–H and O–H groups in total. The standard InChI is InChI=1S/C8H14Cl2N2.H2O/c9-8(10)1-3-12(4-2-8)7-5-11-6-7;/h7,11H,1-6H2;1H2. The van der Waals surface area contributed by atoms with E-state index in [0.717, 1.165) is 45.1 Å². The van der Waals surface area contributed by atoms with Gasteiger partial charge in [-0.1, -0.05) is 0 Å². The van der Waals surface area contributed by atoms with Crippen molar-refractivity contribution in [3.8, 4) is 0 Å². The van der Waals surface area contributed by atoms with E-state index in [1.54, 1.807) is 0 Å². The molecular weight excluding hydrogens is 211 g/mol. The summed E-state index contributed by atoms with van der Waals surface area (Å²) in [6.07, 6.45) is 1.82. The van der Waals surface area contributed by atoms with Gasteiger partial charge in [-0.3, -0.25) is 4.90 Å². The summed E-state index contributed by atoms with van der Waals surface area (Å²) in [5.41, 5.74) is 0. The van der Waals surface area contributed by atoms with Gasteiger partial charge in [-0.2, -0.15) is 0 Å². The second-order valence-electron chi connectivity index (χ2n) is 3.70. The smallest absolute Gasteiger partial charge is 0.120 e. The van der Waals surface area contributed by atoms with E-state index in [-0.39, 0.29) is 5.48 Å². The van der Waals surface area contributed by atoms with E-state index in [9.17, 15) is 0 Å². The molecule has 0 aromatic heterocycles. The molecule has 0 aliphatic carbocycles. The lowest BCUT2D eigenvalue weighted by Gasteiger charge is -2.43. The summed E-state index contributed by atoms with van der Waals surface area (Å²) in [6.45, 7) is 4.38. The highest BCUT2D eigenvalue weighted by atomic mass is 35.5. The van der Waals surface area contributed by atoms with Crippen LogP contribution in [-0.4, -0.2) is 46.9 Å². The summed E-state index contributed by atoms with van der Waals surface area (Å²) in [5.74, 6) is 0. The van der Waals surface area contributed by atoms with E-state index in [2.05, 4.69) is 10.2 Å². The molecule has 0 amide bonds. The fraction of sp³-hybridized carbons (Fsp3) is 1.00. The second kappa shape index (κ2) is 4.32. The van der Waals surface area contributed by atoms with Gasteiger partial charge in [0.05, 0.1) is 0 Å². The van der Waals surface area contributed by atoms with E-state index in [0.29, 0.717) is 0 Å². The first kappa shape index (κ1) is 11.5. The van der Waals surface area contributed by atoms with Gasteiger partial charge in [0.25, 0.3) is 0 Å². The van der Waals surface area contributed by atoms with Crippen LogP contribution in [0.1, 0.15) is 12.8 Å². The number of hydrogen-bond acceptors (Lipinski definition) is 2. The molecule has 2 aliphatic rings. The highest BCUT2D eigenvalue weighted by Crippen LogP contribution is 2.33. The van der Waals surface area contributed by atoms with Crippen LogP contribution in [0.5, 0.6) is 0 Å². The van der Waals surface area contributed by atoms with Crippen LogP contribution in [0.25, 0.3) is 0 Å². The summed E-state index contributed by atoms with van der Waals surface area (Å²) in [5, 5.41) is 3.27. The summed E-state index contributed by atoms with van der Waals surface area (Å²) in [7, 11) is 0. The van der Waals surface area contributed by atoms with E-state index in [1.807, 2.05) is 0 Å². The van der Waals surface area contributed by atoms with Crippen molar-refractivity contribution in [2.24, 2.45) is 0 Å². The highest BCUT2D eigenvalue weighted by molar-refractivity contribution is 6.48. The number of rotatable bonds is 1.